The van der Waals surface area contributed by atoms with Crippen molar-refractivity contribution in [3.05, 3.63) is 58.6 Å². The molecule has 1 fully saturated rings. The topological polar surface area (TPSA) is 96.0 Å². The number of rotatable bonds is 13. The van der Waals surface area contributed by atoms with Gasteiger partial charge in [-0.1, -0.05) is 47.3 Å². The number of hydrogen-bond acceptors (Lipinski definition) is 5. The molecule has 1 aliphatic carbocycles. The first-order chi connectivity index (χ1) is 18.6. The lowest BCUT2D eigenvalue weighted by Crippen LogP contribution is -2.50. The molecule has 0 bridgehead atoms. The van der Waals surface area contributed by atoms with Gasteiger partial charge in [-0.25, -0.2) is 8.42 Å². The number of halogens is 1. The van der Waals surface area contributed by atoms with E-state index in [1.165, 1.54) is 10.7 Å². The lowest BCUT2D eigenvalue weighted by molar-refractivity contribution is -0.141. The van der Waals surface area contributed by atoms with E-state index < -0.39 is 16.1 Å². The van der Waals surface area contributed by atoms with Crippen LogP contribution in [-0.4, -0.2) is 56.6 Å². The third kappa shape index (κ3) is 9.53. The number of ether oxygens (including phenoxy) is 1. The fourth-order valence-corrected chi connectivity index (χ4v) is 6.05. The minimum atomic E-state index is -3.56. The molecule has 0 aliphatic heterocycles. The molecule has 10 heteroatoms. The number of nitrogens with zero attached hydrogens (tertiary/aromatic N) is 2. The Hall–Kier alpha value is -2.59. The van der Waals surface area contributed by atoms with Crippen molar-refractivity contribution in [2.24, 2.45) is 0 Å². The van der Waals surface area contributed by atoms with Crippen molar-refractivity contribution in [1.29, 1.82) is 0 Å². The molecule has 2 aromatic rings. The summed E-state index contributed by atoms with van der Waals surface area (Å²) < 4.78 is 32.8. The molecule has 39 heavy (non-hydrogen) atoms. The standard InChI is InChI=1S/C29H40BrN3O5S/c1-4-38-27-18-16-26(17-19-27)33(39(3,36)37)20-8-11-28(34)32(21-23-12-14-24(30)15-13-23)22(2)29(35)31-25-9-6-5-7-10-25/h12-19,22,25H,4-11,20-21H2,1-3H3,(H,31,35)/t22-/m0/s1. The molecule has 0 aromatic heterocycles. The molecule has 1 aliphatic rings. The maximum atomic E-state index is 13.5. The van der Waals surface area contributed by atoms with E-state index in [1.807, 2.05) is 31.2 Å². The van der Waals surface area contributed by atoms with E-state index in [0.717, 1.165) is 42.0 Å². The Labute approximate surface area is 241 Å². The molecule has 0 spiro atoms. The van der Waals surface area contributed by atoms with Gasteiger partial charge in [-0.3, -0.25) is 13.9 Å². The van der Waals surface area contributed by atoms with Crippen LogP contribution in [0.3, 0.4) is 0 Å². The fourth-order valence-electron chi connectivity index (χ4n) is 4.82. The summed E-state index contributed by atoms with van der Waals surface area (Å²) in [6.07, 6.45) is 6.91. The van der Waals surface area contributed by atoms with Gasteiger partial charge in [0.2, 0.25) is 21.8 Å². The molecular weight excluding hydrogens is 582 g/mol. The summed E-state index contributed by atoms with van der Waals surface area (Å²) in [6, 6.07) is 14.0. The number of carbonyl (C=O) groups is 2. The summed E-state index contributed by atoms with van der Waals surface area (Å²) in [5.74, 6) is 0.317. The average Bonchev–Trinajstić information content (AvgIpc) is 2.91. The van der Waals surface area contributed by atoms with Crippen molar-refractivity contribution in [3.8, 4) is 5.75 Å². The molecule has 214 valence electrons. The predicted molar refractivity (Wildman–Crippen MR) is 158 cm³/mol. The second-order valence-electron chi connectivity index (χ2n) is 10.0. The first-order valence-corrected chi connectivity index (χ1v) is 16.3. The van der Waals surface area contributed by atoms with E-state index in [-0.39, 0.29) is 30.8 Å². The van der Waals surface area contributed by atoms with Gasteiger partial charge in [0.15, 0.2) is 0 Å². The lowest BCUT2D eigenvalue weighted by Gasteiger charge is -2.31. The number of sulfonamides is 1. The molecule has 1 N–H and O–H groups in total. The van der Waals surface area contributed by atoms with E-state index >= 15 is 0 Å². The third-order valence-corrected chi connectivity index (χ3v) is 8.70. The van der Waals surface area contributed by atoms with Gasteiger partial charge in [0, 0.05) is 30.0 Å². The average molecular weight is 623 g/mol. The van der Waals surface area contributed by atoms with E-state index in [0.29, 0.717) is 31.0 Å². The summed E-state index contributed by atoms with van der Waals surface area (Å²) >= 11 is 3.44. The summed E-state index contributed by atoms with van der Waals surface area (Å²) in [6.45, 7) is 4.60. The van der Waals surface area contributed by atoms with Crippen LogP contribution in [0.2, 0.25) is 0 Å². The zero-order chi connectivity index (χ0) is 28.4. The maximum absolute atomic E-state index is 13.5. The zero-order valence-electron chi connectivity index (χ0n) is 23.1. The first-order valence-electron chi connectivity index (χ1n) is 13.6. The van der Waals surface area contributed by atoms with Gasteiger partial charge >= 0.3 is 0 Å². The molecule has 0 heterocycles. The van der Waals surface area contributed by atoms with Gasteiger partial charge in [-0.2, -0.15) is 0 Å². The molecule has 0 saturated heterocycles. The quantitative estimate of drug-likeness (QED) is 0.329. The van der Waals surface area contributed by atoms with Crippen LogP contribution in [0.1, 0.15) is 64.4 Å². The molecule has 8 nitrogen and oxygen atoms in total. The molecule has 2 amide bonds. The van der Waals surface area contributed by atoms with Crippen LogP contribution in [0, 0.1) is 0 Å². The number of carbonyl (C=O) groups excluding carboxylic acids is 2. The number of amides is 2. The zero-order valence-corrected chi connectivity index (χ0v) is 25.5. The highest BCUT2D eigenvalue weighted by Crippen LogP contribution is 2.23. The Morgan fingerprint density at radius 3 is 2.28 bits per heavy atom. The van der Waals surface area contributed by atoms with Crippen LogP contribution in [0.25, 0.3) is 0 Å². The minimum absolute atomic E-state index is 0.112. The molecule has 1 saturated carbocycles. The highest BCUT2D eigenvalue weighted by atomic mass is 79.9. The van der Waals surface area contributed by atoms with Crippen LogP contribution in [0.4, 0.5) is 5.69 Å². The van der Waals surface area contributed by atoms with Crippen LogP contribution in [-0.2, 0) is 26.2 Å². The van der Waals surface area contributed by atoms with E-state index in [2.05, 4.69) is 21.2 Å². The van der Waals surface area contributed by atoms with Gasteiger partial charge in [0.1, 0.15) is 11.8 Å². The molecule has 0 radical (unpaired) electrons. The Morgan fingerprint density at radius 1 is 1.05 bits per heavy atom. The minimum Gasteiger partial charge on any atom is -0.494 e. The normalized spacial score (nSPS) is 14.9. The second kappa shape index (κ2) is 14.7. The van der Waals surface area contributed by atoms with E-state index in [9.17, 15) is 18.0 Å². The predicted octanol–water partition coefficient (Wildman–Crippen LogP) is 5.26. The van der Waals surface area contributed by atoms with Crippen molar-refractivity contribution in [1.82, 2.24) is 10.2 Å². The van der Waals surface area contributed by atoms with Gasteiger partial charge in [-0.05, 0) is 75.1 Å². The van der Waals surface area contributed by atoms with Crippen LogP contribution in [0.15, 0.2) is 53.0 Å². The molecule has 3 rings (SSSR count). The number of hydrogen-bond donors (Lipinski definition) is 1. The Balaban J connectivity index is 1.70. The maximum Gasteiger partial charge on any atom is 0.242 e. The SMILES string of the molecule is CCOc1ccc(N(CCCC(=O)N(Cc2ccc(Br)cc2)[C@@H](C)C(=O)NC2CCCCC2)S(C)(=O)=O)cc1. The van der Waals surface area contributed by atoms with Gasteiger partial charge in [0.25, 0.3) is 0 Å². The van der Waals surface area contributed by atoms with Crippen LogP contribution >= 0.6 is 15.9 Å². The van der Waals surface area contributed by atoms with Gasteiger partial charge in [0.05, 0.1) is 18.6 Å². The van der Waals surface area contributed by atoms with Gasteiger partial charge < -0.3 is 15.0 Å². The number of nitrogens with one attached hydrogen (secondary N) is 1. The van der Waals surface area contributed by atoms with Crippen LogP contribution in [0.5, 0.6) is 5.75 Å². The Kier molecular flexibility index (Phi) is 11.7. The Bertz CT molecular complexity index is 1180. The second-order valence-corrected chi connectivity index (χ2v) is 12.9. The third-order valence-electron chi connectivity index (χ3n) is 6.97. The molecular formula is C29H40BrN3O5S. The van der Waals surface area contributed by atoms with Crippen molar-refractivity contribution in [2.45, 2.75) is 77.4 Å². The van der Waals surface area contributed by atoms with Gasteiger partial charge in [-0.15, -0.1) is 0 Å². The van der Waals surface area contributed by atoms with Crippen LogP contribution < -0.4 is 14.4 Å². The summed E-state index contributed by atoms with van der Waals surface area (Å²) in [5.41, 5.74) is 1.43. The molecule has 1 atom stereocenters. The smallest absolute Gasteiger partial charge is 0.242 e. The molecule has 2 aromatic carbocycles. The summed E-state index contributed by atoms with van der Waals surface area (Å²) in [5, 5.41) is 3.14. The highest BCUT2D eigenvalue weighted by Gasteiger charge is 2.28. The lowest BCUT2D eigenvalue weighted by atomic mass is 9.95. The number of anilines is 1. The summed E-state index contributed by atoms with van der Waals surface area (Å²) in [7, 11) is -3.56. The highest BCUT2D eigenvalue weighted by molar-refractivity contribution is 9.10. The number of benzene rings is 2. The summed E-state index contributed by atoms with van der Waals surface area (Å²) in [4.78, 5) is 28.3. The Morgan fingerprint density at radius 2 is 1.69 bits per heavy atom. The first kappa shape index (κ1) is 30.9. The monoisotopic (exact) mass is 621 g/mol. The van der Waals surface area contributed by atoms with Crippen molar-refractivity contribution < 1.29 is 22.7 Å². The van der Waals surface area contributed by atoms with E-state index in [1.54, 1.807) is 36.1 Å². The van der Waals surface area contributed by atoms with Crippen molar-refractivity contribution >= 4 is 43.5 Å². The largest absolute Gasteiger partial charge is 0.494 e. The molecule has 0 unspecified atom stereocenters. The van der Waals surface area contributed by atoms with Crippen molar-refractivity contribution in [3.63, 3.8) is 0 Å². The fraction of sp³-hybridized carbons (Fsp3) is 0.517. The van der Waals surface area contributed by atoms with E-state index in [4.69, 9.17) is 4.74 Å². The van der Waals surface area contributed by atoms with Crippen molar-refractivity contribution in [2.75, 3.05) is 23.7 Å².